The summed E-state index contributed by atoms with van der Waals surface area (Å²) < 4.78 is 16.1. The van der Waals surface area contributed by atoms with Crippen molar-refractivity contribution in [2.24, 2.45) is 0 Å². The fraction of sp³-hybridized carbons (Fsp3) is 0.167. The van der Waals surface area contributed by atoms with Gasteiger partial charge in [0.2, 0.25) is 11.8 Å². The van der Waals surface area contributed by atoms with Gasteiger partial charge in [0.05, 0.1) is 26.0 Å². The summed E-state index contributed by atoms with van der Waals surface area (Å²) in [4.78, 5) is 12.8. The van der Waals surface area contributed by atoms with Gasteiger partial charge in [0.1, 0.15) is 0 Å². The molecule has 0 aliphatic carbocycles. The molecule has 6 nitrogen and oxygen atoms in total. The predicted molar refractivity (Wildman–Crippen MR) is 88.7 cm³/mol. The van der Waals surface area contributed by atoms with Crippen molar-refractivity contribution < 1.29 is 14.2 Å². The second-order valence-electron chi connectivity index (χ2n) is 4.95. The summed E-state index contributed by atoms with van der Waals surface area (Å²) in [5.41, 5.74) is 1.94. The molecule has 6 heteroatoms. The summed E-state index contributed by atoms with van der Waals surface area (Å²) in [7, 11) is 3.05. The van der Waals surface area contributed by atoms with Crippen LogP contribution >= 0.6 is 0 Å². The first-order valence-corrected chi connectivity index (χ1v) is 7.41. The number of aromatic nitrogens is 3. The smallest absolute Gasteiger partial charge is 0.328 e. The van der Waals surface area contributed by atoms with E-state index in [9.17, 15) is 0 Å². The number of hydrogen-bond donors (Lipinski definition) is 0. The molecule has 0 fully saturated rings. The molecule has 0 atom stereocenters. The Hall–Kier alpha value is -3.15. The Morgan fingerprint density at radius 1 is 0.875 bits per heavy atom. The minimum atomic E-state index is 0.147. The van der Waals surface area contributed by atoms with Crippen LogP contribution in [-0.2, 0) is 6.42 Å². The van der Waals surface area contributed by atoms with Gasteiger partial charge in [-0.1, -0.05) is 30.3 Å². The second kappa shape index (κ2) is 7.41. The molecule has 0 aliphatic heterocycles. The zero-order valence-electron chi connectivity index (χ0n) is 13.5. The minimum absolute atomic E-state index is 0.147. The molecule has 2 heterocycles. The van der Waals surface area contributed by atoms with E-state index in [1.807, 2.05) is 36.4 Å². The number of hydrogen-bond acceptors (Lipinski definition) is 6. The Labute approximate surface area is 140 Å². The maximum Gasteiger partial charge on any atom is 0.328 e. The van der Waals surface area contributed by atoms with E-state index in [2.05, 4.69) is 15.0 Å². The van der Waals surface area contributed by atoms with Gasteiger partial charge in [-0.2, -0.15) is 9.97 Å². The zero-order chi connectivity index (χ0) is 16.8. The van der Waals surface area contributed by atoms with Gasteiger partial charge in [-0.25, -0.2) is 0 Å². The van der Waals surface area contributed by atoms with Gasteiger partial charge in [-0.05, 0) is 17.7 Å². The van der Waals surface area contributed by atoms with Crippen LogP contribution < -0.4 is 14.2 Å². The first-order valence-electron chi connectivity index (χ1n) is 7.41. The standard InChI is InChI=1S/C18H17N3O3/c1-22-16-12-17(23-2)21-18(20-16)24-15-9-6-10-19-14(15)11-13-7-4-3-5-8-13/h3-10,12H,11H2,1-2H3. The summed E-state index contributed by atoms with van der Waals surface area (Å²) in [6.45, 7) is 0. The molecule has 2 aromatic heterocycles. The lowest BCUT2D eigenvalue weighted by Crippen LogP contribution is -2.01. The van der Waals surface area contributed by atoms with Crippen molar-refractivity contribution in [3.8, 4) is 23.5 Å². The molecule has 0 spiro atoms. The maximum atomic E-state index is 5.82. The highest BCUT2D eigenvalue weighted by molar-refractivity contribution is 5.35. The van der Waals surface area contributed by atoms with Crippen LogP contribution in [0.5, 0.6) is 23.5 Å². The molecule has 0 bridgehead atoms. The molecule has 0 aliphatic rings. The Morgan fingerprint density at radius 2 is 1.58 bits per heavy atom. The van der Waals surface area contributed by atoms with E-state index >= 15 is 0 Å². The molecule has 3 aromatic rings. The van der Waals surface area contributed by atoms with Gasteiger partial charge in [-0.15, -0.1) is 0 Å². The average molecular weight is 323 g/mol. The number of methoxy groups -OCH3 is 2. The summed E-state index contributed by atoms with van der Waals surface area (Å²) in [5, 5.41) is 0. The third-order valence-electron chi connectivity index (χ3n) is 3.34. The predicted octanol–water partition coefficient (Wildman–Crippen LogP) is 3.27. The van der Waals surface area contributed by atoms with E-state index in [0.717, 1.165) is 11.3 Å². The van der Waals surface area contributed by atoms with Gasteiger partial charge in [-0.3, -0.25) is 4.98 Å². The normalized spacial score (nSPS) is 10.2. The quantitative estimate of drug-likeness (QED) is 0.693. The van der Waals surface area contributed by atoms with Crippen LogP contribution in [0.25, 0.3) is 0 Å². The van der Waals surface area contributed by atoms with E-state index in [4.69, 9.17) is 14.2 Å². The molecule has 0 unspecified atom stereocenters. The Bertz CT molecular complexity index is 787. The lowest BCUT2D eigenvalue weighted by Gasteiger charge is -2.10. The average Bonchev–Trinajstić information content (AvgIpc) is 2.64. The van der Waals surface area contributed by atoms with Crippen LogP contribution in [0.2, 0.25) is 0 Å². The van der Waals surface area contributed by atoms with Gasteiger partial charge in [0.25, 0.3) is 0 Å². The molecule has 0 saturated heterocycles. The fourth-order valence-corrected chi connectivity index (χ4v) is 2.17. The van der Waals surface area contributed by atoms with Crippen molar-refractivity contribution in [3.05, 3.63) is 66.0 Å². The van der Waals surface area contributed by atoms with E-state index in [1.165, 1.54) is 14.2 Å². The fourth-order valence-electron chi connectivity index (χ4n) is 2.17. The van der Waals surface area contributed by atoms with Gasteiger partial charge in [0, 0.05) is 12.6 Å². The Kier molecular flexibility index (Phi) is 4.86. The van der Waals surface area contributed by atoms with E-state index in [1.54, 1.807) is 18.3 Å². The molecule has 0 radical (unpaired) electrons. The van der Waals surface area contributed by atoms with E-state index in [-0.39, 0.29) is 6.01 Å². The highest BCUT2D eigenvalue weighted by atomic mass is 16.5. The van der Waals surface area contributed by atoms with Crippen LogP contribution in [0.3, 0.4) is 0 Å². The monoisotopic (exact) mass is 323 g/mol. The lowest BCUT2D eigenvalue weighted by molar-refractivity contribution is 0.347. The third-order valence-corrected chi connectivity index (χ3v) is 3.34. The molecular weight excluding hydrogens is 306 g/mol. The van der Waals surface area contributed by atoms with Crippen molar-refractivity contribution in [1.29, 1.82) is 0 Å². The van der Waals surface area contributed by atoms with E-state index in [0.29, 0.717) is 23.9 Å². The minimum Gasteiger partial charge on any atom is -0.481 e. The van der Waals surface area contributed by atoms with Crippen molar-refractivity contribution in [2.45, 2.75) is 6.42 Å². The van der Waals surface area contributed by atoms with Crippen molar-refractivity contribution in [3.63, 3.8) is 0 Å². The second-order valence-corrected chi connectivity index (χ2v) is 4.95. The molecule has 3 rings (SSSR count). The van der Waals surface area contributed by atoms with Crippen LogP contribution in [0, 0.1) is 0 Å². The van der Waals surface area contributed by atoms with Crippen molar-refractivity contribution in [2.75, 3.05) is 14.2 Å². The molecule has 0 saturated carbocycles. The first-order chi connectivity index (χ1) is 11.8. The van der Waals surface area contributed by atoms with Crippen LogP contribution in [0.1, 0.15) is 11.3 Å². The van der Waals surface area contributed by atoms with Crippen molar-refractivity contribution in [1.82, 2.24) is 15.0 Å². The number of rotatable bonds is 6. The van der Waals surface area contributed by atoms with Gasteiger partial charge >= 0.3 is 6.01 Å². The molecule has 0 N–H and O–H groups in total. The Morgan fingerprint density at radius 3 is 2.25 bits per heavy atom. The number of benzene rings is 1. The number of ether oxygens (including phenoxy) is 3. The molecule has 122 valence electrons. The lowest BCUT2D eigenvalue weighted by atomic mass is 10.1. The summed E-state index contributed by atoms with van der Waals surface area (Å²) in [6, 6.07) is 15.4. The summed E-state index contributed by atoms with van der Waals surface area (Å²) in [5.74, 6) is 1.33. The van der Waals surface area contributed by atoms with Gasteiger partial charge < -0.3 is 14.2 Å². The molecule has 0 amide bonds. The molecular formula is C18H17N3O3. The first kappa shape index (κ1) is 15.7. The largest absolute Gasteiger partial charge is 0.481 e. The van der Waals surface area contributed by atoms with Gasteiger partial charge in [0.15, 0.2) is 5.75 Å². The molecule has 1 aromatic carbocycles. The van der Waals surface area contributed by atoms with Crippen LogP contribution in [-0.4, -0.2) is 29.2 Å². The highest BCUT2D eigenvalue weighted by Crippen LogP contribution is 2.26. The van der Waals surface area contributed by atoms with E-state index < -0.39 is 0 Å². The maximum absolute atomic E-state index is 5.82. The highest BCUT2D eigenvalue weighted by Gasteiger charge is 2.11. The topological polar surface area (TPSA) is 66.4 Å². The number of nitrogens with zero attached hydrogens (tertiary/aromatic N) is 3. The summed E-state index contributed by atoms with van der Waals surface area (Å²) >= 11 is 0. The van der Waals surface area contributed by atoms with Crippen LogP contribution in [0.15, 0.2) is 54.7 Å². The van der Waals surface area contributed by atoms with Crippen LogP contribution in [0.4, 0.5) is 0 Å². The molecule has 24 heavy (non-hydrogen) atoms. The zero-order valence-corrected chi connectivity index (χ0v) is 13.5. The Balaban J connectivity index is 1.88. The summed E-state index contributed by atoms with van der Waals surface area (Å²) in [6.07, 6.45) is 2.39. The number of pyridine rings is 1. The SMILES string of the molecule is COc1cc(OC)nc(Oc2cccnc2Cc2ccccc2)n1. The van der Waals surface area contributed by atoms with Crippen molar-refractivity contribution >= 4 is 0 Å². The third kappa shape index (κ3) is 3.78.